The van der Waals surface area contributed by atoms with E-state index in [0.29, 0.717) is 19.4 Å². The first kappa shape index (κ1) is 22.8. The average Bonchev–Trinajstić information content (AvgIpc) is 2.78. The van der Waals surface area contributed by atoms with Crippen molar-refractivity contribution >= 4 is 21.8 Å². The molecule has 31 heavy (non-hydrogen) atoms. The highest BCUT2D eigenvalue weighted by Gasteiger charge is 2.34. The van der Waals surface area contributed by atoms with Crippen molar-refractivity contribution in [1.29, 1.82) is 0 Å². The summed E-state index contributed by atoms with van der Waals surface area (Å²) in [5.41, 5.74) is 0.836. The minimum Gasteiger partial charge on any atom is -0.350 e. The predicted molar refractivity (Wildman–Crippen MR) is 112 cm³/mol. The number of aromatic nitrogens is 1. The maximum atomic E-state index is 13.1. The highest BCUT2D eigenvalue weighted by Crippen LogP contribution is 2.24. The topological polar surface area (TPSA) is 108 Å². The Morgan fingerprint density at radius 1 is 1.26 bits per heavy atom. The zero-order valence-electron chi connectivity index (χ0n) is 17.1. The summed E-state index contributed by atoms with van der Waals surface area (Å²) in [6, 6.07) is 7.43. The van der Waals surface area contributed by atoms with E-state index in [4.69, 9.17) is 0 Å². The van der Waals surface area contributed by atoms with Crippen molar-refractivity contribution in [3.05, 3.63) is 60.2 Å². The van der Waals surface area contributed by atoms with Crippen LogP contribution >= 0.6 is 0 Å². The van der Waals surface area contributed by atoms with Crippen LogP contribution in [0.5, 0.6) is 0 Å². The first-order chi connectivity index (χ1) is 14.8. The Balaban J connectivity index is 1.56. The summed E-state index contributed by atoms with van der Waals surface area (Å²) in [5, 5.41) is 5.40. The molecule has 8 nitrogen and oxygen atoms in total. The molecule has 1 aromatic carbocycles. The molecule has 2 heterocycles. The summed E-state index contributed by atoms with van der Waals surface area (Å²) < 4.78 is 40.0. The zero-order chi connectivity index (χ0) is 22.4. The fraction of sp³-hybridized carbons (Fsp3) is 0.381. The van der Waals surface area contributed by atoms with E-state index in [2.05, 4.69) is 15.6 Å². The molecule has 1 aliphatic rings. The van der Waals surface area contributed by atoms with Gasteiger partial charge < -0.3 is 10.6 Å². The third-order valence-electron chi connectivity index (χ3n) is 5.15. The van der Waals surface area contributed by atoms with Gasteiger partial charge in [0.2, 0.25) is 21.8 Å². The number of hydrogen-bond donors (Lipinski definition) is 2. The molecule has 1 saturated heterocycles. The molecule has 0 spiro atoms. The lowest BCUT2D eigenvalue weighted by atomic mass is 9.98. The van der Waals surface area contributed by atoms with Gasteiger partial charge in [0.25, 0.3) is 0 Å². The molecule has 0 saturated carbocycles. The number of halogens is 1. The van der Waals surface area contributed by atoms with Gasteiger partial charge >= 0.3 is 0 Å². The molecule has 166 valence electrons. The Labute approximate surface area is 180 Å². The van der Waals surface area contributed by atoms with Crippen LogP contribution in [-0.4, -0.2) is 48.7 Å². The second-order valence-corrected chi connectivity index (χ2v) is 9.40. The van der Waals surface area contributed by atoms with Crippen molar-refractivity contribution in [3.63, 3.8) is 0 Å². The first-order valence-corrected chi connectivity index (χ1v) is 11.4. The van der Waals surface area contributed by atoms with E-state index in [1.54, 1.807) is 25.4 Å². The van der Waals surface area contributed by atoms with Crippen molar-refractivity contribution in [3.8, 4) is 0 Å². The van der Waals surface area contributed by atoms with Gasteiger partial charge in [-0.3, -0.25) is 14.6 Å². The summed E-state index contributed by atoms with van der Waals surface area (Å²) in [6.07, 6.45) is 4.31. The monoisotopic (exact) mass is 448 g/mol. The van der Waals surface area contributed by atoms with E-state index in [1.807, 2.05) is 6.07 Å². The summed E-state index contributed by atoms with van der Waals surface area (Å²) in [5.74, 6) is -1.81. The number of nitrogens with zero attached hydrogens (tertiary/aromatic N) is 2. The molecule has 0 unspecified atom stereocenters. The average molecular weight is 449 g/mol. The van der Waals surface area contributed by atoms with Crippen LogP contribution in [-0.2, 0) is 26.2 Å². The molecule has 0 radical (unpaired) electrons. The molecule has 10 heteroatoms. The Bertz CT molecular complexity index is 1020. The van der Waals surface area contributed by atoms with E-state index in [9.17, 15) is 22.4 Å². The van der Waals surface area contributed by atoms with E-state index < -0.39 is 27.8 Å². The number of hydrogen-bond acceptors (Lipinski definition) is 5. The van der Waals surface area contributed by atoms with Crippen LogP contribution in [0.4, 0.5) is 4.39 Å². The predicted octanol–water partition coefficient (Wildman–Crippen LogP) is 1.44. The second kappa shape index (κ2) is 9.97. The van der Waals surface area contributed by atoms with Crippen LogP contribution in [0, 0.1) is 11.7 Å². The lowest BCUT2D eigenvalue weighted by molar-refractivity contribution is -0.131. The summed E-state index contributed by atoms with van der Waals surface area (Å²) in [7, 11) is -3.83. The van der Waals surface area contributed by atoms with Gasteiger partial charge in [-0.1, -0.05) is 6.07 Å². The van der Waals surface area contributed by atoms with Gasteiger partial charge in [-0.05, 0) is 55.7 Å². The van der Waals surface area contributed by atoms with Gasteiger partial charge in [0.1, 0.15) is 11.9 Å². The van der Waals surface area contributed by atoms with Gasteiger partial charge in [0.15, 0.2) is 0 Å². The highest BCUT2D eigenvalue weighted by molar-refractivity contribution is 7.89. The van der Waals surface area contributed by atoms with Crippen LogP contribution in [0.25, 0.3) is 0 Å². The molecule has 3 rings (SSSR count). The number of carbonyl (C=O) groups is 2. The van der Waals surface area contributed by atoms with Crippen molar-refractivity contribution in [2.45, 2.75) is 37.2 Å². The second-order valence-electron chi connectivity index (χ2n) is 7.47. The maximum Gasteiger partial charge on any atom is 0.243 e. The van der Waals surface area contributed by atoms with E-state index in [0.717, 1.165) is 17.7 Å². The standard InChI is InChI=1S/C21H25FN4O4S/c1-15(20(27)24-13-16-4-2-10-23-12-16)25-21(28)17-5-3-11-26(14-17)31(29,30)19-8-6-18(22)7-9-19/h2,4,6-10,12,15,17H,3,5,11,13-14H2,1H3,(H,24,27)(H,25,28)/t15-,17-/m1/s1. The van der Waals surface area contributed by atoms with Crippen molar-refractivity contribution < 1.29 is 22.4 Å². The van der Waals surface area contributed by atoms with Crippen LogP contribution in [0.2, 0.25) is 0 Å². The molecule has 0 bridgehead atoms. The van der Waals surface area contributed by atoms with Crippen molar-refractivity contribution in [1.82, 2.24) is 19.9 Å². The number of carbonyl (C=O) groups excluding carboxylic acids is 2. The number of rotatable bonds is 7. The van der Waals surface area contributed by atoms with Crippen molar-refractivity contribution in [2.75, 3.05) is 13.1 Å². The Morgan fingerprint density at radius 2 is 2.00 bits per heavy atom. The quantitative estimate of drug-likeness (QED) is 0.666. The lowest BCUT2D eigenvalue weighted by Crippen LogP contribution is -2.50. The van der Waals surface area contributed by atoms with Crippen molar-refractivity contribution in [2.24, 2.45) is 5.92 Å². The number of amides is 2. The lowest BCUT2D eigenvalue weighted by Gasteiger charge is -2.31. The van der Waals surface area contributed by atoms with E-state index in [1.165, 1.54) is 16.4 Å². The fourth-order valence-corrected chi connectivity index (χ4v) is 4.90. The molecule has 2 N–H and O–H groups in total. The minimum atomic E-state index is -3.83. The summed E-state index contributed by atoms with van der Waals surface area (Å²) in [4.78, 5) is 28.9. The molecule has 1 aromatic heterocycles. The van der Waals surface area contributed by atoms with E-state index in [-0.39, 0.29) is 29.8 Å². The van der Waals surface area contributed by atoms with E-state index >= 15 is 0 Å². The molecule has 0 aliphatic carbocycles. The molecule has 1 fully saturated rings. The van der Waals surface area contributed by atoms with Gasteiger partial charge in [-0.25, -0.2) is 12.8 Å². The van der Waals surface area contributed by atoms with Crippen LogP contribution in [0.15, 0.2) is 53.7 Å². The van der Waals surface area contributed by atoms with Crippen LogP contribution in [0.3, 0.4) is 0 Å². The molecule has 2 atom stereocenters. The van der Waals surface area contributed by atoms with Gasteiger partial charge in [0, 0.05) is 32.0 Å². The smallest absolute Gasteiger partial charge is 0.243 e. The normalized spacial score (nSPS) is 18.2. The third-order valence-corrected chi connectivity index (χ3v) is 7.03. The van der Waals surface area contributed by atoms with Crippen LogP contribution < -0.4 is 10.6 Å². The SMILES string of the molecule is C[C@@H](NC(=O)[C@@H]1CCCN(S(=O)(=O)c2ccc(F)cc2)C1)C(=O)NCc1cccnc1. The number of sulfonamides is 1. The molecule has 1 aliphatic heterocycles. The molecule has 2 aromatic rings. The summed E-state index contributed by atoms with van der Waals surface area (Å²) in [6.45, 7) is 2.16. The van der Waals surface area contributed by atoms with Gasteiger partial charge in [-0.15, -0.1) is 0 Å². The minimum absolute atomic E-state index is 0.00949. The third kappa shape index (κ3) is 5.86. The molecular weight excluding hydrogens is 423 g/mol. The van der Waals surface area contributed by atoms with Gasteiger partial charge in [0.05, 0.1) is 10.8 Å². The Hall–Kier alpha value is -2.85. The van der Waals surface area contributed by atoms with Crippen LogP contribution in [0.1, 0.15) is 25.3 Å². The number of nitrogens with one attached hydrogen (secondary N) is 2. The largest absolute Gasteiger partial charge is 0.350 e. The van der Waals surface area contributed by atoms with Gasteiger partial charge in [-0.2, -0.15) is 4.31 Å². The fourth-order valence-electron chi connectivity index (χ4n) is 3.37. The number of benzene rings is 1. The number of pyridine rings is 1. The highest BCUT2D eigenvalue weighted by atomic mass is 32.2. The number of piperidine rings is 1. The Morgan fingerprint density at radius 3 is 2.68 bits per heavy atom. The Kier molecular flexibility index (Phi) is 7.34. The summed E-state index contributed by atoms with van der Waals surface area (Å²) >= 11 is 0. The molecular formula is C21H25FN4O4S. The zero-order valence-corrected chi connectivity index (χ0v) is 17.9. The first-order valence-electron chi connectivity index (χ1n) is 10.00. The molecule has 2 amide bonds. The maximum absolute atomic E-state index is 13.1.